The van der Waals surface area contributed by atoms with Crippen LogP contribution in [0.4, 0.5) is 0 Å². The Morgan fingerprint density at radius 1 is 1.10 bits per heavy atom. The van der Waals surface area contributed by atoms with Crippen molar-refractivity contribution in [3.63, 3.8) is 0 Å². The van der Waals surface area contributed by atoms with Gasteiger partial charge < -0.3 is 5.32 Å². The van der Waals surface area contributed by atoms with Gasteiger partial charge in [-0.05, 0) is 50.4 Å². The number of rotatable bonds is 5. The smallest absolute Gasteiger partial charge is 0.0801 e. The van der Waals surface area contributed by atoms with Gasteiger partial charge in [-0.15, -0.1) is 0 Å². The first-order chi connectivity index (χ1) is 9.63. The summed E-state index contributed by atoms with van der Waals surface area (Å²) in [5.74, 6) is 0. The van der Waals surface area contributed by atoms with E-state index in [1.54, 1.807) is 0 Å². The lowest BCUT2D eigenvalue weighted by Gasteiger charge is -2.21. The van der Waals surface area contributed by atoms with Crippen molar-refractivity contribution in [2.45, 2.75) is 40.2 Å². The summed E-state index contributed by atoms with van der Waals surface area (Å²) in [5, 5.41) is 3.59. The van der Waals surface area contributed by atoms with Crippen LogP contribution < -0.4 is 5.32 Å². The fraction of sp³-hybridized carbons (Fsp3) is 0.412. The first-order valence-corrected chi connectivity index (χ1v) is 7.21. The van der Waals surface area contributed by atoms with Crippen LogP contribution in [0, 0.1) is 20.8 Å². The Morgan fingerprint density at radius 3 is 2.55 bits per heavy atom. The Balaban J connectivity index is 2.41. The second kappa shape index (κ2) is 6.62. The van der Waals surface area contributed by atoms with Crippen molar-refractivity contribution in [2.75, 3.05) is 6.54 Å². The summed E-state index contributed by atoms with van der Waals surface area (Å²) in [6, 6.07) is 6.55. The minimum atomic E-state index is 0.114. The standard InChI is InChI=1S/C17H23N3/c1-5-9-18-17(16-11-19-13(3)10-20-16)15-8-6-7-12(2)14(15)4/h6-8,10-11,17-18H,5,9H2,1-4H3. The molecule has 0 fully saturated rings. The van der Waals surface area contributed by atoms with Crippen LogP contribution >= 0.6 is 0 Å². The molecule has 0 aliphatic carbocycles. The maximum absolute atomic E-state index is 4.55. The van der Waals surface area contributed by atoms with Gasteiger partial charge in [0.2, 0.25) is 0 Å². The van der Waals surface area contributed by atoms with Gasteiger partial charge in [-0.1, -0.05) is 25.1 Å². The second-order valence-corrected chi connectivity index (χ2v) is 5.26. The molecule has 0 radical (unpaired) electrons. The van der Waals surface area contributed by atoms with E-state index in [0.717, 1.165) is 24.4 Å². The first kappa shape index (κ1) is 14.7. The van der Waals surface area contributed by atoms with Crippen molar-refractivity contribution in [1.82, 2.24) is 15.3 Å². The molecule has 0 amide bonds. The summed E-state index contributed by atoms with van der Waals surface area (Å²) in [7, 11) is 0. The molecule has 20 heavy (non-hydrogen) atoms. The lowest BCUT2D eigenvalue weighted by atomic mass is 9.95. The number of nitrogens with one attached hydrogen (secondary N) is 1. The largest absolute Gasteiger partial charge is 0.305 e. The van der Waals surface area contributed by atoms with Crippen molar-refractivity contribution in [3.8, 4) is 0 Å². The van der Waals surface area contributed by atoms with Crippen LogP contribution in [0.3, 0.4) is 0 Å². The van der Waals surface area contributed by atoms with E-state index in [1.165, 1.54) is 16.7 Å². The quantitative estimate of drug-likeness (QED) is 0.903. The first-order valence-electron chi connectivity index (χ1n) is 7.21. The molecule has 0 aliphatic rings. The predicted octanol–water partition coefficient (Wildman–Crippen LogP) is 3.49. The molecule has 0 saturated heterocycles. The van der Waals surface area contributed by atoms with E-state index in [-0.39, 0.29) is 6.04 Å². The second-order valence-electron chi connectivity index (χ2n) is 5.26. The lowest BCUT2D eigenvalue weighted by molar-refractivity contribution is 0.581. The summed E-state index contributed by atoms with van der Waals surface area (Å²) in [6.07, 6.45) is 4.81. The number of aromatic nitrogens is 2. The highest BCUT2D eigenvalue weighted by Crippen LogP contribution is 2.25. The third-order valence-electron chi connectivity index (χ3n) is 3.65. The molecule has 2 rings (SSSR count). The van der Waals surface area contributed by atoms with Crippen molar-refractivity contribution < 1.29 is 0 Å². The van der Waals surface area contributed by atoms with Crippen LogP contribution in [0.2, 0.25) is 0 Å². The Labute approximate surface area is 121 Å². The predicted molar refractivity (Wildman–Crippen MR) is 82.8 cm³/mol. The summed E-state index contributed by atoms with van der Waals surface area (Å²) in [4.78, 5) is 8.94. The van der Waals surface area contributed by atoms with Gasteiger partial charge in [0.1, 0.15) is 0 Å². The van der Waals surface area contributed by atoms with E-state index in [1.807, 2.05) is 19.3 Å². The highest BCUT2D eigenvalue weighted by atomic mass is 14.9. The topological polar surface area (TPSA) is 37.8 Å². The van der Waals surface area contributed by atoms with E-state index in [0.29, 0.717) is 0 Å². The van der Waals surface area contributed by atoms with E-state index in [2.05, 4.69) is 54.3 Å². The molecule has 3 nitrogen and oxygen atoms in total. The summed E-state index contributed by atoms with van der Waals surface area (Å²) >= 11 is 0. The Bertz CT molecular complexity index is 561. The maximum atomic E-state index is 4.55. The average molecular weight is 269 g/mol. The molecule has 1 atom stereocenters. The van der Waals surface area contributed by atoms with Crippen LogP contribution in [0.5, 0.6) is 0 Å². The summed E-state index contributed by atoms with van der Waals surface area (Å²) in [5.41, 5.74) is 5.85. The van der Waals surface area contributed by atoms with E-state index in [4.69, 9.17) is 0 Å². The Hall–Kier alpha value is -1.74. The fourth-order valence-electron chi connectivity index (χ4n) is 2.30. The zero-order valence-electron chi connectivity index (χ0n) is 12.8. The summed E-state index contributed by atoms with van der Waals surface area (Å²) in [6.45, 7) is 9.42. The molecule has 1 heterocycles. The number of hydrogen-bond donors (Lipinski definition) is 1. The minimum Gasteiger partial charge on any atom is -0.305 e. The monoisotopic (exact) mass is 269 g/mol. The van der Waals surface area contributed by atoms with Crippen molar-refractivity contribution >= 4 is 0 Å². The number of benzene rings is 1. The zero-order valence-corrected chi connectivity index (χ0v) is 12.8. The molecule has 0 aliphatic heterocycles. The van der Waals surface area contributed by atoms with Crippen molar-refractivity contribution in [3.05, 3.63) is 58.7 Å². The molecule has 0 spiro atoms. The highest BCUT2D eigenvalue weighted by Gasteiger charge is 2.17. The van der Waals surface area contributed by atoms with Gasteiger partial charge in [0.15, 0.2) is 0 Å². The molecule has 1 N–H and O–H groups in total. The van der Waals surface area contributed by atoms with Gasteiger partial charge >= 0.3 is 0 Å². The van der Waals surface area contributed by atoms with Gasteiger partial charge in [0, 0.05) is 6.20 Å². The molecule has 3 heteroatoms. The Kier molecular flexibility index (Phi) is 4.85. The molecule has 106 valence electrons. The third-order valence-corrected chi connectivity index (χ3v) is 3.65. The van der Waals surface area contributed by atoms with Crippen molar-refractivity contribution in [1.29, 1.82) is 0 Å². The van der Waals surface area contributed by atoms with Gasteiger partial charge in [-0.2, -0.15) is 0 Å². The molecular weight excluding hydrogens is 246 g/mol. The van der Waals surface area contributed by atoms with Gasteiger partial charge in [0.05, 0.1) is 23.6 Å². The number of nitrogens with zero attached hydrogens (tertiary/aromatic N) is 2. The summed E-state index contributed by atoms with van der Waals surface area (Å²) < 4.78 is 0. The van der Waals surface area contributed by atoms with Gasteiger partial charge in [-0.3, -0.25) is 9.97 Å². The van der Waals surface area contributed by atoms with Crippen LogP contribution in [-0.2, 0) is 0 Å². The SMILES string of the molecule is CCCNC(c1cnc(C)cn1)c1cccc(C)c1C. The minimum absolute atomic E-state index is 0.114. The zero-order chi connectivity index (χ0) is 14.5. The molecule has 2 aromatic rings. The van der Waals surface area contributed by atoms with Crippen molar-refractivity contribution in [2.24, 2.45) is 0 Å². The van der Waals surface area contributed by atoms with Gasteiger partial charge in [0.25, 0.3) is 0 Å². The van der Waals surface area contributed by atoms with E-state index < -0.39 is 0 Å². The van der Waals surface area contributed by atoms with E-state index in [9.17, 15) is 0 Å². The van der Waals surface area contributed by atoms with E-state index >= 15 is 0 Å². The molecule has 0 bridgehead atoms. The molecule has 1 aromatic heterocycles. The third kappa shape index (κ3) is 3.23. The maximum Gasteiger partial charge on any atom is 0.0801 e. The normalized spacial score (nSPS) is 12.4. The lowest BCUT2D eigenvalue weighted by Crippen LogP contribution is -2.25. The van der Waals surface area contributed by atoms with Crippen LogP contribution in [0.15, 0.2) is 30.6 Å². The number of hydrogen-bond acceptors (Lipinski definition) is 3. The van der Waals surface area contributed by atoms with Gasteiger partial charge in [-0.25, -0.2) is 0 Å². The average Bonchev–Trinajstić information content (AvgIpc) is 2.45. The van der Waals surface area contributed by atoms with Crippen LogP contribution in [-0.4, -0.2) is 16.5 Å². The molecular formula is C17H23N3. The molecule has 1 aromatic carbocycles. The number of aryl methyl sites for hydroxylation is 2. The highest BCUT2D eigenvalue weighted by molar-refractivity contribution is 5.38. The fourth-order valence-corrected chi connectivity index (χ4v) is 2.30. The molecule has 0 saturated carbocycles. The Morgan fingerprint density at radius 2 is 1.90 bits per heavy atom. The molecule has 1 unspecified atom stereocenters. The van der Waals surface area contributed by atoms with Crippen LogP contribution in [0.1, 0.15) is 47.5 Å². The van der Waals surface area contributed by atoms with Crippen LogP contribution in [0.25, 0.3) is 0 Å².